The third-order valence-electron chi connectivity index (χ3n) is 7.04. The Morgan fingerprint density at radius 1 is 0.879 bits per heavy atom. The number of carbonyl (C=O) groups excluding carboxylic acids is 2. The minimum atomic E-state index is -0.0745. The van der Waals surface area contributed by atoms with E-state index in [0.29, 0.717) is 38.6 Å². The van der Waals surface area contributed by atoms with Gasteiger partial charge in [0.25, 0.3) is 0 Å². The summed E-state index contributed by atoms with van der Waals surface area (Å²) in [5.41, 5.74) is 1.77. The first kappa shape index (κ1) is 23.4. The lowest BCUT2D eigenvalue weighted by Gasteiger charge is -2.33. The van der Waals surface area contributed by atoms with Gasteiger partial charge in [-0.15, -0.1) is 0 Å². The van der Waals surface area contributed by atoms with Crippen LogP contribution in [0.3, 0.4) is 0 Å². The molecule has 1 aromatic heterocycles. The maximum absolute atomic E-state index is 12.9. The van der Waals surface area contributed by atoms with E-state index in [1.165, 1.54) is 19.3 Å². The van der Waals surface area contributed by atoms with Crippen molar-refractivity contribution in [3.05, 3.63) is 34.7 Å². The van der Waals surface area contributed by atoms with E-state index in [4.69, 9.17) is 0 Å². The Hall–Kier alpha value is -2.77. The van der Waals surface area contributed by atoms with Crippen molar-refractivity contribution in [2.45, 2.75) is 89.9 Å². The Morgan fingerprint density at radius 3 is 2.06 bits per heavy atom. The Morgan fingerprint density at radius 2 is 1.45 bits per heavy atom. The third-order valence-corrected chi connectivity index (χ3v) is 7.04. The van der Waals surface area contributed by atoms with Crippen LogP contribution in [0.25, 0.3) is 11.0 Å². The summed E-state index contributed by atoms with van der Waals surface area (Å²) >= 11 is 0. The first-order valence-electron chi connectivity index (χ1n) is 12.6. The van der Waals surface area contributed by atoms with E-state index in [-0.39, 0.29) is 23.7 Å². The molecular formula is C25H37N5O3. The molecule has 3 amide bonds. The van der Waals surface area contributed by atoms with Gasteiger partial charge in [0.2, 0.25) is 5.91 Å². The molecule has 180 valence electrons. The summed E-state index contributed by atoms with van der Waals surface area (Å²) < 4.78 is 3.53. The molecule has 1 aliphatic heterocycles. The molecule has 2 aliphatic rings. The molecule has 33 heavy (non-hydrogen) atoms. The second kappa shape index (κ2) is 10.9. The van der Waals surface area contributed by atoms with Crippen molar-refractivity contribution >= 4 is 23.0 Å². The van der Waals surface area contributed by atoms with Crippen LogP contribution in [0.5, 0.6) is 0 Å². The topological polar surface area (TPSA) is 88.4 Å². The molecule has 2 N–H and O–H groups in total. The molecule has 0 bridgehead atoms. The number of likely N-dealkylation sites (tertiary alicyclic amines) is 1. The molecule has 4 rings (SSSR count). The van der Waals surface area contributed by atoms with Crippen molar-refractivity contribution in [3.8, 4) is 0 Å². The molecule has 2 heterocycles. The van der Waals surface area contributed by atoms with Gasteiger partial charge in [0.1, 0.15) is 0 Å². The summed E-state index contributed by atoms with van der Waals surface area (Å²) in [6, 6.07) is 8.11. The predicted octanol–water partition coefficient (Wildman–Crippen LogP) is 3.23. The van der Waals surface area contributed by atoms with Gasteiger partial charge in [-0.1, -0.05) is 38.3 Å². The highest BCUT2D eigenvalue weighted by atomic mass is 16.2. The number of fused-ring (bicyclic) bond motifs is 1. The highest BCUT2D eigenvalue weighted by Crippen LogP contribution is 2.18. The zero-order valence-corrected chi connectivity index (χ0v) is 19.7. The minimum Gasteiger partial charge on any atom is -0.342 e. The van der Waals surface area contributed by atoms with Crippen LogP contribution < -0.4 is 16.3 Å². The lowest BCUT2D eigenvalue weighted by molar-refractivity contribution is -0.132. The zero-order chi connectivity index (χ0) is 23.2. The van der Waals surface area contributed by atoms with Crippen LogP contribution in [0.1, 0.15) is 64.7 Å². The summed E-state index contributed by atoms with van der Waals surface area (Å²) in [4.78, 5) is 39.9. The van der Waals surface area contributed by atoms with E-state index < -0.39 is 0 Å². The number of para-hydroxylation sites is 2. The summed E-state index contributed by atoms with van der Waals surface area (Å²) in [6.07, 6.45) is 8.50. The summed E-state index contributed by atoms with van der Waals surface area (Å²) in [6.45, 7) is 4.39. The lowest BCUT2D eigenvalue weighted by Crippen LogP contribution is -2.51. The number of urea groups is 1. The van der Waals surface area contributed by atoms with Crippen LogP contribution in [0.15, 0.2) is 29.1 Å². The second-order valence-corrected chi connectivity index (χ2v) is 9.43. The van der Waals surface area contributed by atoms with Gasteiger partial charge in [-0.25, -0.2) is 9.59 Å². The van der Waals surface area contributed by atoms with Crippen LogP contribution in [-0.2, 0) is 17.9 Å². The maximum atomic E-state index is 12.9. The minimum absolute atomic E-state index is 0.0438. The van der Waals surface area contributed by atoms with Crippen molar-refractivity contribution in [2.75, 3.05) is 13.1 Å². The zero-order valence-electron chi connectivity index (χ0n) is 19.7. The standard InChI is InChI=1S/C25H37N5O3/c1-2-15-29-21-10-6-7-11-22(21)30(25(29)33)18-14-23(31)28-16-12-20(13-17-28)27-24(32)26-19-8-4-3-5-9-19/h6-7,10-11,19-20H,2-5,8-9,12-18H2,1H3,(H2,26,27,32). The van der Waals surface area contributed by atoms with E-state index >= 15 is 0 Å². The number of hydrogen-bond acceptors (Lipinski definition) is 3. The molecule has 1 saturated heterocycles. The largest absolute Gasteiger partial charge is 0.342 e. The van der Waals surface area contributed by atoms with Gasteiger partial charge < -0.3 is 15.5 Å². The van der Waals surface area contributed by atoms with Crippen LogP contribution in [-0.4, -0.2) is 51.1 Å². The monoisotopic (exact) mass is 455 g/mol. The number of hydrogen-bond donors (Lipinski definition) is 2. The Labute approximate surface area is 195 Å². The van der Waals surface area contributed by atoms with E-state index in [2.05, 4.69) is 17.6 Å². The van der Waals surface area contributed by atoms with Gasteiger partial charge in [-0.2, -0.15) is 0 Å². The smallest absolute Gasteiger partial charge is 0.329 e. The number of piperidine rings is 1. The highest BCUT2D eigenvalue weighted by molar-refractivity contribution is 5.78. The number of imidazole rings is 1. The van der Waals surface area contributed by atoms with Crippen LogP contribution in [0.2, 0.25) is 0 Å². The Kier molecular flexibility index (Phi) is 7.73. The summed E-state index contributed by atoms with van der Waals surface area (Å²) in [5, 5.41) is 6.19. The molecule has 2 fully saturated rings. The van der Waals surface area contributed by atoms with Gasteiger partial charge in [0.15, 0.2) is 0 Å². The number of carbonyl (C=O) groups is 2. The normalized spacial score (nSPS) is 17.9. The van der Waals surface area contributed by atoms with Gasteiger partial charge in [0.05, 0.1) is 11.0 Å². The van der Waals surface area contributed by atoms with Crippen LogP contribution in [0.4, 0.5) is 4.79 Å². The van der Waals surface area contributed by atoms with Crippen LogP contribution >= 0.6 is 0 Å². The molecule has 0 unspecified atom stereocenters. The third kappa shape index (κ3) is 5.60. The molecule has 1 aliphatic carbocycles. The predicted molar refractivity (Wildman–Crippen MR) is 129 cm³/mol. The fourth-order valence-corrected chi connectivity index (χ4v) is 5.23. The Balaban J connectivity index is 1.26. The van der Waals surface area contributed by atoms with E-state index in [9.17, 15) is 14.4 Å². The second-order valence-electron chi connectivity index (χ2n) is 9.43. The molecule has 8 heteroatoms. The van der Waals surface area contributed by atoms with Crippen molar-refractivity contribution in [1.29, 1.82) is 0 Å². The van der Waals surface area contributed by atoms with Gasteiger partial charge in [0, 0.05) is 44.7 Å². The van der Waals surface area contributed by atoms with Gasteiger partial charge in [-0.3, -0.25) is 13.9 Å². The number of nitrogens with one attached hydrogen (secondary N) is 2. The van der Waals surface area contributed by atoms with E-state index in [1.807, 2.05) is 29.2 Å². The number of aromatic nitrogens is 2. The quantitative estimate of drug-likeness (QED) is 0.672. The molecule has 0 radical (unpaired) electrons. The molecule has 1 aromatic carbocycles. The number of amides is 3. The van der Waals surface area contributed by atoms with E-state index in [1.54, 1.807) is 9.13 Å². The van der Waals surface area contributed by atoms with Crippen LogP contribution in [0, 0.1) is 0 Å². The van der Waals surface area contributed by atoms with Crippen molar-refractivity contribution in [1.82, 2.24) is 24.7 Å². The maximum Gasteiger partial charge on any atom is 0.329 e. The van der Waals surface area contributed by atoms with Crippen molar-refractivity contribution in [2.24, 2.45) is 0 Å². The number of benzene rings is 1. The SMILES string of the molecule is CCCn1c(=O)n(CCC(=O)N2CCC(NC(=O)NC3CCCCC3)CC2)c2ccccc21. The molecule has 2 aromatic rings. The number of nitrogens with zero attached hydrogens (tertiary/aromatic N) is 3. The molecule has 8 nitrogen and oxygen atoms in total. The first-order chi connectivity index (χ1) is 16.1. The molecular weight excluding hydrogens is 418 g/mol. The van der Waals surface area contributed by atoms with Gasteiger partial charge >= 0.3 is 11.7 Å². The van der Waals surface area contributed by atoms with E-state index in [0.717, 1.165) is 43.1 Å². The average molecular weight is 456 g/mol. The Bertz CT molecular complexity index is 1010. The fraction of sp³-hybridized carbons (Fsp3) is 0.640. The fourth-order valence-electron chi connectivity index (χ4n) is 5.23. The van der Waals surface area contributed by atoms with Crippen molar-refractivity contribution < 1.29 is 9.59 Å². The molecule has 0 spiro atoms. The average Bonchev–Trinajstić information content (AvgIpc) is 3.09. The summed E-state index contributed by atoms with van der Waals surface area (Å²) in [5.74, 6) is 0.0688. The first-order valence-corrected chi connectivity index (χ1v) is 12.6. The molecule has 0 atom stereocenters. The molecule has 1 saturated carbocycles. The lowest BCUT2D eigenvalue weighted by atomic mass is 9.96. The van der Waals surface area contributed by atoms with Crippen molar-refractivity contribution in [3.63, 3.8) is 0 Å². The highest BCUT2D eigenvalue weighted by Gasteiger charge is 2.25. The van der Waals surface area contributed by atoms with Gasteiger partial charge in [-0.05, 0) is 44.2 Å². The summed E-state index contributed by atoms with van der Waals surface area (Å²) in [7, 11) is 0. The number of aryl methyl sites for hydroxylation is 2. The number of rotatable bonds is 7.